The molecule has 3 N–H and O–H groups in total. The number of aryl methyl sites for hydroxylation is 2. The minimum Gasteiger partial charge on any atom is -0.487 e. The van der Waals surface area contributed by atoms with Gasteiger partial charge in [-0.1, -0.05) is 66.3 Å². The normalized spacial score (nSPS) is 20.6. The minimum absolute atomic E-state index is 0.257. The molecule has 3 heterocycles. The number of halogens is 2. The van der Waals surface area contributed by atoms with Crippen LogP contribution in [-0.2, 0) is 12.8 Å². The van der Waals surface area contributed by atoms with Crippen molar-refractivity contribution in [3.63, 3.8) is 0 Å². The van der Waals surface area contributed by atoms with Gasteiger partial charge in [0.1, 0.15) is 47.5 Å². The second kappa shape index (κ2) is 15.9. The van der Waals surface area contributed by atoms with Crippen molar-refractivity contribution < 1.29 is 28.5 Å². The quantitative estimate of drug-likeness (QED) is 0.177. The van der Waals surface area contributed by atoms with E-state index in [2.05, 4.69) is 77.9 Å². The van der Waals surface area contributed by atoms with Gasteiger partial charge in [0.05, 0.1) is 0 Å². The van der Waals surface area contributed by atoms with Crippen molar-refractivity contribution in [2.75, 3.05) is 33.2 Å². The number of aliphatic hydroxyl groups is 2. The number of aliphatic hydroxyl groups excluding tert-OH is 2. The van der Waals surface area contributed by atoms with Crippen LogP contribution in [0.4, 0.5) is 8.78 Å². The molecule has 1 fully saturated rings. The number of piperidine rings is 1. The molecular weight excluding hydrogens is 646 g/mol. The molecule has 1 aliphatic carbocycles. The van der Waals surface area contributed by atoms with Crippen molar-refractivity contribution in [2.24, 2.45) is 0 Å². The first-order valence-corrected chi connectivity index (χ1v) is 18.1. The lowest BCUT2D eigenvalue weighted by atomic mass is 9.86. The highest BCUT2D eigenvalue weighted by atomic mass is 19.1. The lowest BCUT2D eigenvalue weighted by Gasteiger charge is -2.31. The van der Waals surface area contributed by atoms with Crippen molar-refractivity contribution in [3.8, 4) is 11.5 Å². The van der Waals surface area contributed by atoms with E-state index in [-0.39, 0.29) is 36.9 Å². The van der Waals surface area contributed by atoms with Gasteiger partial charge in [-0.25, -0.2) is 8.78 Å². The monoisotopic (exact) mass is 692 g/mol. The van der Waals surface area contributed by atoms with Crippen LogP contribution in [0, 0.1) is 11.6 Å². The van der Waals surface area contributed by atoms with E-state index in [0.29, 0.717) is 37.2 Å². The Hall–Kier alpha value is -4.34. The standard InChI is InChI=1S/C22H25F2NO4.C21H21N/c23-15-3-7-19-13(9-15)1-5-21(28-19)17(26)11-25-12-18(27)22-6-2-14-10-16(24)4-8-20(14)29-22;1-22-14-12-18(13-15-22)21-19-8-4-2-6-16(19)10-11-17-7-3-5-9-20(17)21/h3-4,7-10,17-18,21-22,25-27H,1-2,5-6,11-12H2;2-11H,12-15H2,1H3. The third kappa shape index (κ3) is 8.26. The molecule has 4 aromatic rings. The highest BCUT2D eigenvalue weighted by Gasteiger charge is 2.29. The number of rotatable bonds is 6. The number of hydrogen-bond acceptors (Lipinski definition) is 6. The highest BCUT2D eigenvalue weighted by Crippen LogP contribution is 2.38. The average Bonchev–Trinajstić information content (AvgIpc) is 3.32. The molecule has 0 bridgehead atoms. The van der Waals surface area contributed by atoms with Crippen molar-refractivity contribution in [2.45, 2.75) is 62.9 Å². The molecule has 3 aliphatic heterocycles. The van der Waals surface area contributed by atoms with Crippen molar-refractivity contribution in [3.05, 3.63) is 136 Å². The van der Waals surface area contributed by atoms with Crippen LogP contribution in [0.25, 0.3) is 17.7 Å². The van der Waals surface area contributed by atoms with Gasteiger partial charge in [-0.3, -0.25) is 0 Å². The van der Waals surface area contributed by atoms with Gasteiger partial charge in [0.2, 0.25) is 0 Å². The van der Waals surface area contributed by atoms with Crippen LogP contribution < -0.4 is 14.8 Å². The zero-order valence-corrected chi connectivity index (χ0v) is 29.0. The van der Waals surface area contributed by atoms with Crippen LogP contribution in [0.1, 0.15) is 59.1 Å². The molecule has 4 atom stereocenters. The Kier molecular flexibility index (Phi) is 10.9. The van der Waals surface area contributed by atoms with E-state index >= 15 is 0 Å². The molecule has 0 radical (unpaired) electrons. The average molecular weight is 693 g/mol. The third-order valence-corrected chi connectivity index (χ3v) is 10.4. The molecule has 0 amide bonds. The highest BCUT2D eigenvalue weighted by molar-refractivity contribution is 5.94. The summed E-state index contributed by atoms with van der Waals surface area (Å²) in [5.41, 5.74) is 10.2. The first-order valence-electron chi connectivity index (χ1n) is 18.1. The molecule has 8 heteroatoms. The van der Waals surface area contributed by atoms with Crippen molar-refractivity contribution in [1.82, 2.24) is 10.2 Å². The lowest BCUT2D eigenvalue weighted by molar-refractivity contribution is 0.00892. The smallest absolute Gasteiger partial charge is 0.126 e. The number of benzene rings is 4. The zero-order chi connectivity index (χ0) is 35.3. The second-order valence-corrected chi connectivity index (χ2v) is 14.0. The van der Waals surface area contributed by atoms with Gasteiger partial charge in [-0.2, -0.15) is 0 Å². The van der Waals surface area contributed by atoms with E-state index in [9.17, 15) is 19.0 Å². The summed E-state index contributed by atoms with van der Waals surface area (Å²) in [4.78, 5) is 2.43. The fourth-order valence-electron chi connectivity index (χ4n) is 7.52. The summed E-state index contributed by atoms with van der Waals surface area (Å²) < 4.78 is 38.2. The minimum atomic E-state index is -0.753. The predicted molar refractivity (Wildman–Crippen MR) is 198 cm³/mol. The number of nitrogens with zero attached hydrogens (tertiary/aromatic N) is 1. The maximum atomic E-state index is 13.3. The van der Waals surface area contributed by atoms with E-state index in [4.69, 9.17) is 9.47 Å². The van der Waals surface area contributed by atoms with Gasteiger partial charge in [0, 0.05) is 26.2 Å². The molecule has 8 rings (SSSR count). The topological polar surface area (TPSA) is 74.2 Å². The van der Waals surface area contributed by atoms with Crippen LogP contribution in [0.2, 0.25) is 0 Å². The largest absolute Gasteiger partial charge is 0.487 e. The Bertz CT molecular complexity index is 1780. The Labute approximate surface area is 299 Å². The van der Waals surface area contributed by atoms with Gasteiger partial charge >= 0.3 is 0 Å². The zero-order valence-electron chi connectivity index (χ0n) is 29.0. The molecule has 0 aromatic heterocycles. The lowest BCUT2D eigenvalue weighted by Crippen LogP contribution is -2.46. The van der Waals surface area contributed by atoms with E-state index in [0.717, 1.165) is 24.2 Å². The third-order valence-electron chi connectivity index (χ3n) is 10.4. The fourth-order valence-corrected chi connectivity index (χ4v) is 7.52. The maximum Gasteiger partial charge on any atom is 0.126 e. The Morgan fingerprint density at radius 1 is 0.686 bits per heavy atom. The molecule has 4 unspecified atom stereocenters. The molecule has 0 saturated carbocycles. The van der Waals surface area contributed by atoms with Crippen LogP contribution in [0.5, 0.6) is 11.5 Å². The number of ether oxygens (including phenoxy) is 2. The summed E-state index contributed by atoms with van der Waals surface area (Å²) >= 11 is 0. The van der Waals surface area contributed by atoms with E-state index in [1.165, 1.54) is 64.9 Å². The molecule has 4 aliphatic rings. The SMILES string of the molecule is CN1CCC(=C2c3ccccc3C=Cc3ccccc32)CC1.OC(CNCC(O)C1CCc2cc(F)ccc2O1)C1CCc2cc(F)ccc2O1. The van der Waals surface area contributed by atoms with Crippen LogP contribution in [0.15, 0.2) is 90.5 Å². The molecule has 51 heavy (non-hydrogen) atoms. The summed E-state index contributed by atoms with van der Waals surface area (Å²) in [7, 11) is 2.22. The summed E-state index contributed by atoms with van der Waals surface area (Å²) in [6, 6.07) is 26.4. The Morgan fingerprint density at radius 2 is 1.16 bits per heavy atom. The van der Waals surface area contributed by atoms with Crippen molar-refractivity contribution in [1.29, 1.82) is 0 Å². The van der Waals surface area contributed by atoms with Gasteiger partial charge in [0.15, 0.2) is 0 Å². The van der Waals surface area contributed by atoms with Crippen LogP contribution >= 0.6 is 0 Å². The molecule has 0 spiro atoms. The summed E-state index contributed by atoms with van der Waals surface area (Å²) in [6.07, 6.45) is 7.09. The summed E-state index contributed by atoms with van der Waals surface area (Å²) in [5.74, 6) is 0.624. The molecule has 1 saturated heterocycles. The van der Waals surface area contributed by atoms with Crippen molar-refractivity contribution >= 4 is 17.7 Å². The number of nitrogens with one attached hydrogen (secondary N) is 1. The molecule has 6 nitrogen and oxygen atoms in total. The molecule has 266 valence electrons. The van der Waals surface area contributed by atoms with Crippen LogP contribution in [0.3, 0.4) is 0 Å². The predicted octanol–water partition coefficient (Wildman–Crippen LogP) is 7.06. The number of fused-ring (bicyclic) bond motifs is 4. The Balaban J connectivity index is 0.000000165. The summed E-state index contributed by atoms with van der Waals surface area (Å²) in [6.45, 7) is 2.84. The second-order valence-electron chi connectivity index (χ2n) is 14.0. The molecule has 4 aromatic carbocycles. The summed E-state index contributed by atoms with van der Waals surface area (Å²) in [5, 5.41) is 23.9. The first-order chi connectivity index (χ1) is 24.8. The van der Waals surface area contributed by atoms with E-state index < -0.39 is 12.2 Å². The molecular formula is C43H46F2N2O4. The maximum absolute atomic E-state index is 13.3. The van der Waals surface area contributed by atoms with Gasteiger partial charge in [-0.15, -0.1) is 0 Å². The number of likely N-dealkylation sites (tertiary alicyclic amines) is 1. The van der Waals surface area contributed by atoms with Gasteiger partial charge in [-0.05, 0) is 121 Å². The van der Waals surface area contributed by atoms with E-state index in [1.807, 2.05) is 0 Å². The fraction of sp³-hybridized carbons (Fsp3) is 0.349. The van der Waals surface area contributed by atoms with Crippen LogP contribution in [-0.4, -0.2) is 72.8 Å². The van der Waals surface area contributed by atoms with Gasteiger partial charge < -0.3 is 29.9 Å². The van der Waals surface area contributed by atoms with E-state index in [1.54, 1.807) is 17.7 Å². The number of hydrogen-bond donors (Lipinski definition) is 3. The Morgan fingerprint density at radius 3 is 1.65 bits per heavy atom. The van der Waals surface area contributed by atoms with Gasteiger partial charge in [0.25, 0.3) is 0 Å². The first kappa shape index (κ1) is 35.1.